The van der Waals surface area contributed by atoms with Gasteiger partial charge < -0.3 is 53.1 Å². The van der Waals surface area contributed by atoms with Gasteiger partial charge in [0.15, 0.2) is 0 Å². The van der Waals surface area contributed by atoms with Gasteiger partial charge in [-0.25, -0.2) is 0 Å². The number of hydrogen-bond acceptors (Lipinski definition) is 12. The molecular formula is C31H70O12Si4. The number of hydrogen-bond donors (Lipinski definition) is 0. The molecular weight excluding hydrogens is 677 g/mol. The predicted molar refractivity (Wildman–Crippen MR) is 191 cm³/mol. The van der Waals surface area contributed by atoms with E-state index in [9.17, 15) is 0 Å². The van der Waals surface area contributed by atoms with Crippen molar-refractivity contribution in [2.45, 2.75) is 125 Å². The van der Waals surface area contributed by atoms with Crippen molar-refractivity contribution in [2.75, 3.05) is 79.3 Å². The van der Waals surface area contributed by atoms with Crippen LogP contribution >= 0.6 is 0 Å². The van der Waals surface area contributed by atoms with E-state index in [1.807, 2.05) is 19.6 Å². The van der Waals surface area contributed by atoms with Gasteiger partial charge in [-0.2, -0.15) is 0 Å². The first-order valence-electron chi connectivity index (χ1n) is 18.2. The van der Waals surface area contributed by atoms with Crippen LogP contribution in [0.2, 0.25) is 25.2 Å². The van der Waals surface area contributed by atoms with E-state index in [2.05, 4.69) is 41.5 Å². The first-order valence-corrected chi connectivity index (χ1v) is 26.7. The first kappa shape index (κ1) is 45.4. The van der Waals surface area contributed by atoms with Crippen LogP contribution in [0.1, 0.15) is 99.3 Å². The molecule has 1 aliphatic rings. The normalized spacial score (nSPS) is 23.4. The van der Waals surface area contributed by atoms with Gasteiger partial charge in [0.25, 0.3) is 0 Å². The molecule has 0 amide bonds. The zero-order chi connectivity index (χ0) is 34.9. The quantitative estimate of drug-likeness (QED) is 0.0567. The topological polar surface area (TPSA) is 111 Å². The van der Waals surface area contributed by atoms with Crippen LogP contribution in [0.15, 0.2) is 0 Å². The lowest BCUT2D eigenvalue weighted by atomic mass is 10.4. The van der Waals surface area contributed by atoms with Gasteiger partial charge in [0.05, 0.1) is 52.9 Å². The van der Waals surface area contributed by atoms with Crippen LogP contribution in [-0.4, -0.2) is 115 Å². The summed E-state index contributed by atoms with van der Waals surface area (Å²) in [5.74, 6) is 0. The Labute approximate surface area is 291 Å². The third-order valence-electron chi connectivity index (χ3n) is 7.32. The van der Waals surface area contributed by atoms with E-state index >= 15 is 0 Å². The van der Waals surface area contributed by atoms with Crippen LogP contribution in [0.25, 0.3) is 0 Å². The van der Waals surface area contributed by atoms with Gasteiger partial charge in [0, 0.05) is 38.5 Å². The third kappa shape index (κ3) is 19.5. The highest BCUT2D eigenvalue weighted by atomic mass is 28.6. The molecule has 47 heavy (non-hydrogen) atoms. The molecule has 0 aromatic carbocycles. The molecule has 0 radical (unpaired) electrons. The largest absolute Gasteiger partial charge is 0.664 e. The van der Waals surface area contributed by atoms with Crippen LogP contribution in [-0.2, 0) is 53.1 Å². The Morgan fingerprint density at radius 2 is 0.851 bits per heavy atom. The van der Waals surface area contributed by atoms with Gasteiger partial charge in [0.2, 0.25) is 0 Å². The average molecular weight is 747 g/mol. The van der Waals surface area contributed by atoms with Crippen molar-refractivity contribution >= 4 is 35.2 Å². The molecule has 0 N–H and O–H groups in total. The predicted octanol–water partition coefficient (Wildman–Crippen LogP) is 6.84. The zero-order valence-electron chi connectivity index (χ0n) is 31.3. The van der Waals surface area contributed by atoms with Gasteiger partial charge >= 0.3 is 35.2 Å². The van der Waals surface area contributed by atoms with E-state index in [4.69, 9.17) is 53.1 Å². The molecule has 0 saturated carbocycles. The van der Waals surface area contributed by atoms with Crippen molar-refractivity contribution in [3.63, 3.8) is 0 Å². The Hall–Kier alpha value is 0.388. The molecule has 3 atom stereocenters. The van der Waals surface area contributed by atoms with Crippen molar-refractivity contribution in [3.8, 4) is 0 Å². The number of rotatable bonds is 30. The molecule has 0 spiro atoms. The summed E-state index contributed by atoms with van der Waals surface area (Å²) in [6.07, 6.45) is 8.91. The molecule has 0 bridgehead atoms. The molecule has 12 nitrogen and oxygen atoms in total. The molecule has 0 aliphatic carbocycles. The molecule has 1 heterocycles. The second kappa shape index (κ2) is 26.2. The summed E-state index contributed by atoms with van der Waals surface area (Å²) in [4.78, 5) is 0. The first-order chi connectivity index (χ1) is 22.6. The molecule has 0 aromatic heterocycles. The van der Waals surface area contributed by atoms with Gasteiger partial charge in [-0.15, -0.1) is 0 Å². The zero-order valence-corrected chi connectivity index (χ0v) is 35.3. The Morgan fingerprint density at radius 1 is 0.447 bits per heavy atom. The summed E-state index contributed by atoms with van der Waals surface area (Å²) in [7, 11) is -14.1. The van der Waals surface area contributed by atoms with Crippen LogP contribution in [0.4, 0.5) is 0 Å². The van der Waals surface area contributed by atoms with Crippen LogP contribution in [0.5, 0.6) is 0 Å². The van der Waals surface area contributed by atoms with Crippen molar-refractivity contribution in [3.05, 3.63) is 0 Å². The molecule has 0 aromatic rings. The van der Waals surface area contributed by atoms with Crippen molar-refractivity contribution in [1.29, 1.82) is 0 Å². The van der Waals surface area contributed by atoms with Gasteiger partial charge in [-0.1, -0.05) is 67.2 Å². The molecule has 1 saturated heterocycles. The van der Waals surface area contributed by atoms with Crippen molar-refractivity contribution in [1.82, 2.24) is 0 Å². The van der Waals surface area contributed by atoms with Gasteiger partial charge in [-0.3, -0.25) is 0 Å². The fraction of sp³-hybridized carbons (Fsp3) is 1.00. The molecule has 1 fully saturated rings. The average Bonchev–Trinajstić information content (AvgIpc) is 3.02. The Morgan fingerprint density at radius 3 is 1.26 bits per heavy atom. The Bertz CT molecular complexity index is 743. The lowest BCUT2D eigenvalue weighted by Gasteiger charge is -2.48. The van der Waals surface area contributed by atoms with E-state index in [1.165, 1.54) is 0 Å². The number of ether oxygens (including phenoxy) is 4. The highest BCUT2D eigenvalue weighted by Crippen LogP contribution is 2.39. The van der Waals surface area contributed by atoms with Crippen LogP contribution in [0.3, 0.4) is 0 Å². The lowest BCUT2D eigenvalue weighted by Crippen LogP contribution is -2.73. The summed E-state index contributed by atoms with van der Waals surface area (Å²) < 4.78 is 77.2. The van der Waals surface area contributed by atoms with E-state index < -0.39 is 35.2 Å². The van der Waals surface area contributed by atoms with Crippen molar-refractivity contribution < 1.29 is 53.1 Å². The minimum atomic E-state index is -4.07. The molecule has 3 unspecified atom stereocenters. The van der Waals surface area contributed by atoms with Gasteiger partial charge in [-0.05, 0) is 45.2 Å². The number of unbranched alkanes of at least 4 members (excludes halogenated alkanes) is 4. The summed E-state index contributed by atoms with van der Waals surface area (Å²) >= 11 is 0. The smallest absolute Gasteiger partial charge is 0.394 e. The second-order valence-electron chi connectivity index (χ2n) is 12.3. The Balaban J connectivity index is 3.43. The Kier molecular flexibility index (Phi) is 25.3. The van der Waals surface area contributed by atoms with Crippen LogP contribution < -0.4 is 0 Å². The molecule has 1 rings (SSSR count). The second-order valence-corrected chi connectivity index (χ2v) is 24.5. The summed E-state index contributed by atoms with van der Waals surface area (Å²) in [6.45, 7) is 23.7. The van der Waals surface area contributed by atoms with E-state index in [0.717, 1.165) is 57.8 Å². The summed E-state index contributed by atoms with van der Waals surface area (Å²) in [5, 5.41) is 0. The molecule has 1 aliphatic heterocycles. The summed E-state index contributed by atoms with van der Waals surface area (Å²) in [6, 6.07) is 0. The standard InChI is InChI=1S/C31H70O12Si4/c1-10-15-19-32-23-27-36-45(9)40-44(7,8)41-46(31(6)14-5,37-28-24-33-20-16-11-2)43-47(42-45,38-29-25-34-21-17-12-3)39-30-26-35-22-18-13-4/h31H,10-30H2,1-9H3. The van der Waals surface area contributed by atoms with Gasteiger partial charge in [0.1, 0.15) is 0 Å². The fourth-order valence-corrected chi connectivity index (χ4v) is 22.1. The monoisotopic (exact) mass is 746 g/mol. The minimum Gasteiger partial charge on any atom is -0.394 e. The third-order valence-corrected chi connectivity index (χ3v) is 22.6. The highest BCUT2D eigenvalue weighted by molar-refractivity contribution is 6.89. The fourth-order valence-electron chi connectivity index (χ4n) is 4.52. The lowest BCUT2D eigenvalue weighted by molar-refractivity contribution is -0.0471. The minimum absolute atomic E-state index is 0.100. The van der Waals surface area contributed by atoms with E-state index in [1.54, 1.807) is 0 Å². The van der Waals surface area contributed by atoms with E-state index in [0.29, 0.717) is 66.1 Å². The SMILES string of the molecule is CCCCOCCO[Si]1(C)O[Si](C)(C)O[Si](OCCOCCCC)(C(C)CC)O[Si](OCCOCCCC)(OCCOCCCC)O1. The van der Waals surface area contributed by atoms with E-state index in [-0.39, 0.29) is 18.8 Å². The maximum atomic E-state index is 7.07. The van der Waals surface area contributed by atoms with Crippen LogP contribution in [0, 0.1) is 0 Å². The van der Waals surface area contributed by atoms with Crippen molar-refractivity contribution in [2.24, 2.45) is 0 Å². The molecule has 282 valence electrons. The maximum absolute atomic E-state index is 7.07. The highest BCUT2D eigenvalue weighted by Gasteiger charge is 2.67. The summed E-state index contributed by atoms with van der Waals surface area (Å²) in [5.41, 5.74) is -0.100. The maximum Gasteiger partial charge on any atom is 0.664 e. The molecule has 16 heteroatoms.